The van der Waals surface area contributed by atoms with Crippen molar-refractivity contribution in [3.8, 4) is 17.1 Å². The minimum absolute atomic E-state index is 0.0283. The maximum Gasteiger partial charge on any atom is 0.417 e. The fraction of sp³-hybridized carbons (Fsp3) is 0.118. The van der Waals surface area contributed by atoms with E-state index in [2.05, 4.69) is 0 Å². The molecule has 3 nitrogen and oxygen atoms in total. The van der Waals surface area contributed by atoms with Gasteiger partial charge in [0.15, 0.2) is 17.6 Å². The van der Waals surface area contributed by atoms with Gasteiger partial charge in [0.2, 0.25) is 0 Å². The highest BCUT2D eigenvalue weighted by atomic mass is 19.4. The molecule has 0 amide bonds. The number of alkyl halides is 3. The number of ether oxygens (including phenoxy) is 1. The van der Waals surface area contributed by atoms with E-state index in [0.29, 0.717) is 23.0 Å². The molecule has 0 saturated heterocycles. The molecule has 0 spiro atoms. The van der Waals surface area contributed by atoms with Crippen molar-refractivity contribution in [2.45, 2.75) is 6.18 Å². The topological polar surface area (TPSA) is 39.4 Å². The molecule has 23 heavy (non-hydrogen) atoms. The first-order valence-corrected chi connectivity index (χ1v) is 6.68. The van der Waals surface area contributed by atoms with Gasteiger partial charge in [0, 0.05) is 16.5 Å². The number of furan rings is 1. The summed E-state index contributed by atoms with van der Waals surface area (Å²) in [7, 11) is 1.42. The summed E-state index contributed by atoms with van der Waals surface area (Å²) in [6, 6.07) is 9.61. The number of rotatable bonds is 3. The van der Waals surface area contributed by atoms with E-state index in [1.807, 2.05) is 0 Å². The smallest absolute Gasteiger partial charge is 0.417 e. The molecule has 0 saturated carbocycles. The quantitative estimate of drug-likeness (QED) is 0.642. The number of aldehydes is 1. The standard InChI is InChI=1S/C17H11F3O3/c1-22-14-7-6-10(9-21)12-8-15(23-16(12)14)11-4-2-3-5-13(11)17(18,19)20/h2-9H,1H3. The largest absolute Gasteiger partial charge is 0.493 e. The number of methoxy groups -OCH3 is 1. The molecule has 0 aliphatic carbocycles. The number of carbonyl (C=O) groups is 1. The van der Waals surface area contributed by atoms with Crippen LogP contribution in [-0.4, -0.2) is 13.4 Å². The molecule has 0 N–H and O–H groups in total. The van der Waals surface area contributed by atoms with E-state index in [4.69, 9.17) is 9.15 Å². The van der Waals surface area contributed by atoms with Crippen LogP contribution in [0.15, 0.2) is 46.9 Å². The number of carbonyl (C=O) groups excluding carboxylic acids is 1. The van der Waals surface area contributed by atoms with E-state index in [9.17, 15) is 18.0 Å². The third-order valence-electron chi connectivity index (χ3n) is 3.53. The van der Waals surface area contributed by atoms with Crippen LogP contribution in [0.4, 0.5) is 13.2 Å². The molecule has 3 aromatic rings. The van der Waals surface area contributed by atoms with Gasteiger partial charge < -0.3 is 9.15 Å². The van der Waals surface area contributed by atoms with Gasteiger partial charge in [-0.25, -0.2) is 0 Å². The second-order valence-electron chi connectivity index (χ2n) is 4.87. The lowest BCUT2D eigenvalue weighted by molar-refractivity contribution is -0.137. The van der Waals surface area contributed by atoms with E-state index in [0.717, 1.165) is 6.07 Å². The monoisotopic (exact) mass is 320 g/mol. The molecular formula is C17H11F3O3. The number of hydrogen-bond donors (Lipinski definition) is 0. The third kappa shape index (κ3) is 2.56. The fourth-order valence-electron chi connectivity index (χ4n) is 2.46. The van der Waals surface area contributed by atoms with Crippen LogP contribution in [0, 0.1) is 0 Å². The maximum absolute atomic E-state index is 13.2. The zero-order valence-corrected chi connectivity index (χ0v) is 12.0. The highest BCUT2D eigenvalue weighted by Gasteiger charge is 2.34. The summed E-state index contributed by atoms with van der Waals surface area (Å²) in [4.78, 5) is 11.1. The Morgan fingerprint density at radius 1 is 1.13 bits per heavy atom. The molecule has 6 heteroatoms. The number of fused-ring (bicyclic) bond motifs is 1. The van der Waals surface area contributed by atoms with Crippen molar-refractivity contribution >= 4 is 17.3 Å². The average Bonchev–Trinajstić information content (AvgIpc) is 2.98. The van der Waals surface area contributed by atoms with Crippen LogP contribution in [0.3, 0.4) is 0 Å². The van der Waals surface area contributed by atoms with E-state index in [-0.39, 0.29) is 16.9 Å². The highest BCUT2D eigenvalue weighted by Crippen LogP contribution is 2.40. The zero-order valence-electron chi connectivity index (χ0n) is 12.0. The normalized spacial score (nSPS) is 11.7. The summed E-state index contributed by atoms with van der Waals surface area (Å²) in [5.41, 5.74) is -0.329. The first-order valence-electron chi connectivity index (χ1n) is 6.68. The van der Waals surface area contributed by atoms with Gasteiger partial charge >= 0.3 is 6.18 Å². The van der Waals surface area contributed by atoms with Crippen molar-refractivity contribution < 1.29 is 27.1 Å². The van der Waals surface area contributed by atoms with Gasteiger partial charge in [0.05, 0.1) is 12.7 Å². The molecule has 3 rings (SSSR count). The van der Waals surface area contributed by atoms with Crippen molar-refractivity contribution in [1.29, 1.82) is 0 Å². The summed E-state index contributed by atoms with van der Waals surface area (Å²) in [6.45, 7) is 0. The molecule has 0 aliphatic heterocycles. The molecule has 0 aliphatic rings. The van der Waals surface area contributed by atoms with Gasteiger partial charge in [-0.3, -0.25) is 4.79 Å². The zero-order chi connectivity index (χ0) is 16.6. The van der Waals surface area contributed by atoms with Gasteiger partial charge in [-0.15, -0.1) is 0 Å². The Bertz CT molecular complexity index is 878. The lowest BCUT2D eigenvalue weighted by atomic mass is 10.0. The Kier molecular flexibility index (Phi) is 3.60. The summed E-state index contributed by atoms with van der Waals surface area (Å²) >= 11 is 0. The molecule has 1 aromatic heterocycles. The SMILES string of the molecule is COc1ccc(C=O)c2cc(-c3ccccc3C(F)(F)F)oc12. The van der Waals surface area contributed by atoms with E-state index >= 15 is 0 Å². The van der Waals surface area contributed by atoms with Gasteiger partial charge in [-0.05, 0) is 24.3 Å². The van der Waals surface area contributed by atoms with Crippen LogP contribution < -0.4 is 4.74 Å². The molecule has 0 bridgehead atoms. The predicted octanol–water partition coefficient (Wildman–Crippen LogP) is 4.94. The second-order valence-corrected chi connectivity index (χ2v) is 4.87. The average molecular weight is 320 g/mol. The maximum atomic E-state index is 13.2. The molecule has 0 fully saturated rings. The Labute approximate surface area is 129 Å². The van der Waals surface area contributed by atoms with Crippen molar-refractivity contribution in [3.63, 3.8) is 0 Å². The van der Waals surface area contributed by atoms with Gasteiger partial charge in [0.25, 0.3) is 0 Å². The Morgan fingerprint density at radius 2 is 1.87 bits per heavy atom. The number of hydrogen-bond acceptors (Lipinski definition) is 3. The summed E-state index contributed by atoms with van der Waals surface area (Å²) < 4.78 is 50.2. The van der Waals surface area contributed by atoms with E-state index < -0.39 is 11.7 Å². The number of benzene rings is 2. The lowest BCUT2D eigenvalue weighted by Gasteiger charge is -2.10. The van der Waals surface area contributed by atoms with Crippen molar-refractivity contribution in [2.24, 2.45) is 0 Å². The minimum atomic E-state index is -4.51. The van der Waals surface area contributed by atoms with Crippen LogP contribution in [0.1, 0.15) is 15.9 Å². The molecular weight excluding hydrogens is 309 g/mol. The molecule has 1 heterocycles. The van der Waals surface area contributed by atoms with Gasteiger partial charge in [-0.2, -0.15) is 13.2 Å². The van der Waals surface area contributed by atoms with Gasteiger partial charge in [0.1, 0.15) is 5.76 Å². The Hall–Kier alpha value is -2.76. The van der Waals surface area contributed by atoms with Crippen LogP contribution in [0.2, 0.25) is 0 Å². The Morgan fingerprint density at radius 3 is 2.52 bits per heavy atom. The third-order valence-corrected chi connectivity index (χ3v) is 3.53. The predicted molar refractivity (Wildman–Crippen MR) is 78.6 cm³/mol. The molecule has 0 atom stereocenters. The van der Waals surface area contributed by atoms with Crippen molar-refractivity contribution in [2.75, 3.05) is 7.11 Å². The van der Waals surface area contributed by atoms with Crippen molar-refractivity contribution in [1.82, 2.24) is 0 Å². The lowest BCUT2D eigenvalue weighted by Crippen LogP contribution is -2.06. The summed E-state index contributed by atoms with van der Waals surface area (Å²) in [5, 5.41) is 0.409. The first-order chi connectivity index (χ1) is 11.0. The van der Waals surface area contributed by atoms with Crippen LogP contribution >= 0.6 is 0 Å². The highest BCUT2D eigenvalue weighted by molar-refractivity contribution is 6.00. The van der Waals surface area contributed by atoms with Crippen LogP contribution in [-0.2, 0) is 6.18 Å². The van der Waals surface area contributed by atoms with E-state index in [1.165, 1.54) is 43.5 Å². The Balaban J connectivity index is 2.29. The minimum Gasteiger partial charge on any atom is -0.493 e. The molecule has 0 radical (unpaired) electrons. The van der Waals surface area contributed by atoms with Gasteiger partial charge in [-0.1, -0.05) is 18.2 Å². The fourth-order valence-corrected chi connectivity index (χ4v) is 2.46. The summed E-state index contributed by atoms with van der Waals surface area (Å²) in [6.07, 6.45) is -3.89. The second kappa shape index (κ2) is 5.46. The van der Waals surface area contributed by atoms with Crippen molar-refractivity contribution in [3.05, 3.63) is 53.6 Å². The summed E-state index contributed by atoms with van der Waals surface area (Å²) in [5.74, 6) is 0.377. The molecule has 0 unspecified atom stereocenters. The molecule has 2 aromatic carbocycles. The van der Waals surface area contributed by atoms with Crippen LogP contribution in [0.25, 0.3) is 22.3 Å². The van der Waals surface area contributed by atoms with E-state index in [1.54, 1.807) is 0 Å². The number of halogens is 3. The van der Waals surface area contributed by atoms with Crippen LogP contribution in [0.5, 0.6) is 5.75 Å². The molecule has 118 valence electrons. The first kappa shape index (κ1) is 15.1.